The second-order valence-electron chi connectivity index (χ2n) is 13.3. The lowest BCUT2D eigenvalue weighted by Gasteiger charge is -2.26. The van der Waals surface area contributed by atoms with Crippen molar-refractivity contribution in [1.29, 1.82) is 0 Å². The largest absolute Gasteiger partial charge is 0.264 e. The fourth-order valence-corrected chi connectivity index (χ4v) is 5.21. The van der Waals surface area contributed by atoms with Crippen molar-refractivity contribution in [2.75, 3.05) is 0 Å². The molecule has 3 heterocycles. The maximum atomic E-state index is 5.04. The molecule has 0 spiro atoms. The molecule has 5 heteroatoms. The smallest absolute Gasteiger partial charge is 0.159 e. The van der Waals surface area contributed by atoms with Crippen LogP contribution < -0.4 is 0 Å². The minimum Gasteiger partial charge on any atom is -0.264 e. The van der Waals surface area contributed by atoms with Crippen molar-refractivity contribution in [2.24, 2.45) is 0 Å². The summed E-state index contributed by atoms with van der Waals surface area (Å²) in [7, 11) is 0. The van der Waals surface area contributed by atoms with E-state index in [9.17, 15) is 0 Å². The first kappa shape index (κ1) is 29.1. The van der Waals surface area contributed by atoms with Gasteiger partial charge in [0.15, 0.2) is 5.82 Å². The highest BCUT2D eigenvalue weighted by atomic mass is 14.9. The van der Waals surface area contributed by atoms with E-state index in [4.69, 9.17) is 9.97 Å². The fourth-order valence-electron chi connectivity index (χ4n) is 5.21. The summed E-state index contributed by atoms with van der Waals surface area (Å²) in [4.78, 5) is 23.0. The molecule has 0 bridgehead atoms. The van der Waals surface area contributed by atoms with Crippen LogP contribution >= 0.6 is 0 Å². The van der Waals surface area contributed by atoms with Gasteiger partial charge in [-0.3, -0.25) is 15.0 Å². The molecule has 0 radical (unpaired) electrons. The van der Waals surface area contributed by atoms with Gasteiger partial charge in [-0.05, 0) is 74.5 Å². The Morgan fingerprint density at radius 2 is 1.07 bits per heavy atom. The number of benzene rings is 3. The van der Waals surface area contributed by atoms with Crippen LogP contribution in [-0.2, 0) is 10.8 Å². The molecule has 3 aromatic carbocycles. The molecule has 0 aliphatic rings. The van der Waals surface area contributed by atoms with Gasteiger partial charge in [0.2, 0.25) is 0 Å². The van der Waals surface area contributed by atoms with Crippen LogP contribution in [0.4, 0.5) is 0 Å². The molecule has 0 saturated heterocycles. The zero-order valence-electron chi connectivity index (χ0n) is 26.2. The first-order valence-electron chi connectivity index (χ1n) is 15.0. The summed E-state index contributed by atoms with van der Waals surface area (Å²) in [6.45, 7) is 13.6. The van der Waals surface area contributed by atoms with E-state index < -0.39 is 0 Å². The fraction of sp³-hybridized carbons (Fsp3) is 0.205. The average Bonchev–Trinajstić information content (AvgIpc) is 3.04. The van der Waals surface area contributed by atoms with Crippen LogP contribution in [-0.4, -0.2) is 24.9 Å². The Kier molecular flexibility index (Phi) is 7.64. The number of aromatic nitrogens is 5. The van der Waals surface area contributed by atoms with Gasteiger partial charge in [-0.25, -0.2) is 9.97 Å². The third-order valence-electron chi connectivity index (χ3n) is 7.88. The molecule has 0 saturated carbocycles. The number of pyridine rings is 1. The molecule has 5 nitrogen and oxygen atoms in total. The van der Waals surface area contributed by atoms with E-state index in [1.54, 1.807) is 24.8 Å². The van der Waals surface area contributed by atoms with Crippen LogP contribution in [0.1, 0.15) is 52.7 Å². The summed E-state index contributed by atoms with van der Waals surface area (Å²) in [5.74, 6) is 0.661. The van der Waals surface area contributed by atoms with E-state index in [1.165, 1.54) is 11.1 Å². The standard InChI is InChI=1S/C39H37N5/c1-38(2,3)33-21-30(22-34(23-33)39(4,5)6)29-18-31(36-25-41-16-17-42-36)20-32(19-29)37-43-15-13-35(44-37)27-11-9-26(10-12-27)28-8-7-14-40-24-28/h7-25H,1-6H3. The van der Waals surface area contributed by atoms with E-state index in [-0.39, 0.29) is 10.8 Å². The van der Waals surface area contributed by atoms with Crippen LogP contribution in [0, 0.1) is 0 Å². The Morgan fingerprint density at radius 3 is 1.70 bits per heavy atom. The SMILES string of the molecule is CC(C)(C)c1cc(-c2cc(-c3cnccn3)cc(-c3nccc(-c4ccc(-c5cccnc5)cc4)n3)c2)cc(C(C)(C)C)c1. The summed E-state index contributed by atoms with van der Waals surface area (Å²) in [6, 6.07) is 27.9. The molecule has 0 unspecified atom stereocenters. The van der Waals surface area contributed by atoms with Crippen molar-refractivity contribution >= 4 is 0 Å². The minimum atomic E-state index is 0.00533. The van der Waals surface area contributed by atoms with E-state index in [1.807, 2.05) is 24.5 Å². The summed E-state index contributed by atoms with van der Waals surface area (Å²) < 4.78 is 0. The highest BCUT2D eigenvalue weighted by Crippen LogP contribution is 2.37. The van der Waals surface area contributed by atoms with Crippen molar-refractivity contribution in [3.63, 3.8) is 0 Å². The summed E-state index contributed by atoms with van der Waals surface area (Å²) >= 11 is 0. The Labute approximate surface area is 260 Å². The predicted molar refractivity (Wildman–Crippen MR) is 180 cm³/mol. The van der Waals surface area contributed by atoms with Gasteiger partial charge < -0.3 is 0 Å². The van der Waals surface area contributed by atoms with Gasteiger partial charge >= 0.3 is 0 Å². The monoisotopic (exact) mass is 575 g/mol. The first-order valence-corrected chi connectivity index (χ1v) is 15.0. The molecule has 0 amide bonds. The summed E-state index contributed by atoms with van der Waals surface area (Å²) in [5.41, 5.74) is 11.7. The number of rotatable bonds is 5. The van der Waals surface area contributed by atoms with Crippen molar-refractivity contribution in [3.05, 3.63) is 127 Å². The normalized spacial score (nSPS) is 11.9. The lowest BCUT2D eigenvalue weighted by Crippen LogP contribution is -2.16. The number of nitrogens with zero attached hydrogens (tertiary/aromatic N) is 5. The lowest BCUT2D eigenvalue weighted by atomic mass is 9.78. The van der Waals surface area contributed by atoms with Gasteiger partial charge in [0.1, 0.15) is 0 Å². The molecule has 0 aliphatic carbocycles. The minimum absolute atomic E-state index is 0.00533. The van der Waals surface area contributed by atoms with Gasteiger partial charge in [0, 0.05) is 47.7 Å². The average molecular weight is 576 g/mol. The van der Waals surface area contributed by atoms with E-state index in [0.29, 0.717) is 5.82 Å². The van der Waals surface area contributed by atoms with Crippen LogP contribution in [0.15, 0.2) is 116 Å². The van der Waals surface area contributed by atoms with Crippen LogP contribution in [0.5, 0.6) is 0 Å². The third kappa shape index (κ3) is 6.32. The van der Waals surface area contributed by atoms with Gasteiger partial charge in [-0.2, -0.15) is 0 Å². The molecule has 44 heavy (non-hydrogen) atoms. The first-order chi connectivity index (χ1) is 21.0. The van der Waals surface area contributed by atoms with Crippen molar-refractivity contribution < 1.29 is 0 Å². The van der Waals surface area contributed by atoms with Gasteiger partial charge in [0.05, 0.1) is 17.6 Å². The lowest BCUT2D eigenvalue weighted by molar-refractivity contribution is 0.569. The summed E-state index contributed by atoms with van der Waals surface area (Å²) in [5, 5.41) is 0. The van der Waals surface area contributed by atoms with E-state index in [0.717, 1.165) is 50.3 Å². The molecule has 0 N–H and O–H groups in total. The second kappa shape index (κ2) is 11.6. The molecule has 6 rings (SSSR count). The molecule has 0 atom stereocenters. The topological polar surface area (TPSA) is 64.5 Å². The number of hydrogen-bond acceptors (Lipinski definition) is 5. The Bertz CT molecular complexity index is 1870. The predicted octanol–water partition coefficient (Wildman–Crippen LogP) is 9.59. The molecular weight excluding hydrogens is 538 g/mol. The molecule has 0 fully saturated rings. The maximum absolute atomic E-state index is 5.04. The van der Waals surface area contributed by atoms with Crippen LogP contribution in [0.25, 0.3) is 56.2 Å². The van der Waals surface area contributed by atoms with Gasteiger partial charge in [-0.1, -0.05) is 90.1 Å². The van der Waals surface area contributed by atoms with Gasteiger partial charge in [-0.15, -0.1) is 0 Å². The molecule has 0 aliphatic heterocycles. The zero-order chi connectivity index (χ0) is 30.9. The third-order valence-corrected chi connectivity index (χ3v) is 7.88. The molecule has 6 aromatic rings. The van der Waals surface area contributed by atoms with E-state index in [2.05, 4.69) is 123 Å². The number of hydrogen-bond donors (Lipinski definition) is 0. The quantitative estimate of drug-likeness (QED) is 0.205. The molecule has 3 aromatic heterocycles. The van der Waals surface area contributed by atoms with Gasteiger partial charge in [0.25, 0.3) is 0 Å². The Hall–Kier alpha value is -5.03. The van der Waals surface area contributed by atoms with Crippen molar-refractivity contribution in [2.45, 2.75) is 52.4 Å². The zero-order valence-corrected chi connectivity index (χ0v) is 26.2. The Balaban J connectivity index is 1.47. The van der Waals surface area contributed by atoms with Crippen molar-refractivity contribution in [1.82, 2.24) is 24.9 Å². The van der Waals surface area contributed by atoms with Crippen LogP contribution in [0.3, 0.4) is 0 Å². The molecular formula is C39H37N5. The van der Waals surface area contributed by atoms with Crippen molar-refractivity contribution in [3.8, 4) is 56.2 Å². The van der Waals surface area contributed by atoms with E-state index >= 15 is 0 Å². The maximum Gasteiger partial charge on any atom is 0.159 e. The Morgan fingerprint density at radius 1 is 0.432 bits per heavy atom. The second-order valence-corrected chi connectivity index (χ2v) is 13.3. The highest BCUT2D eigenvalue weighted by Gasteiger charge is 2.21. The highest BCUT2D eigenvalue weighted by molar-refractivity contribution is 5.79. The summed E-state index contributed by atoms with van der Waals surface area (Å²) in [6.07, 6.45) is 10.7. The molecule has 218 valence electrons. The van der Waals surface area contributed by atoms with Crippen LogP contribution in [0.2, 0.25) is 0 Å².